The zero-order valence-electron chi connectivity index (χ0n) is 16.8. The number of nitrogens with zero attached hydrogens (tertiary/aromatic N) is 4. The van der Waals surface area contributed by atoms with Gasteiger partial charge in [0.25, 0.3) is 5.56 Å². The second-order valence-electron chi connectivity index (χ2n) is 7.40. The molecule has 0 spiro atoms. The van der Waals surface area contributed by atoms with Crippen LogP contribution in [0.3, 0.4) is 0 Å². The van der Waals surface area contributed by atoms with E-state index in [9.17, 15) is 9.90 Å². The lowest BCUT2D eigenvalue weighted by Gasteiger charge is -2.28. The average Bonchev–Trinajstić information content (AvgIpc) is 2.74. The number of ether oxygens (including phenoxy) is 1. The molecular weight excluding hydrogens is 370 g/mol. The Hall–Kier alpha value is -3.00. The maximum Gasteiger partial charge on any atom is 0.260 e. The Bertz CT molecular complexity index is 1090. The van der Waals surface area contributed by atoms with Crippen LogP contribution in [-0.2, 0) is 0 Å². The van der Waals surface area contributed by atoms with E-state index in [0.717, 1.165) is 29.5 Å². The first-order valence-corrected chi connectivity index (χ1v) is 9.82. The van der Waals surface area contributed by atoms with Gasteiger partial charge < -0.3 is 15.2 Å². The Balaban J connectivity index is 1.96. The van der Waals surface area contributed by atoms with E-state index in [-0.39, 0.29) is 17.7 Å². The highest BCUT2D eigenvalue weighted by molar-refractivity contribution is 5.84. The summed E-state index contributed by atoms with van der Waals surface area (Å²) in [6.07, 6.45) is 4.17. The molecule has 0 radical (unpaired) electrons. The molecule has 0 aliphatic heterocycles. The standard InChI is InChI=1S/C21H25N5O3/c1-12-16-10-17(13-4-9-18(29-3)23-11-13)20(28)26(14-5-7-15(27)8-6-14)19(16)25-21(22-2)24-12/h4,9-11,14-15,27H,5-8H2,1-3H3,(H,22,24,25). The Morgan fingerprint density at radius 2 is 1.97 bits per heavy atom. The third-order valence-electron chi connectivity index (χ3n) is 5.59. The Labute approximate surface area is 168 Å². The van der Waals surface area contributed by atoms with Crippen LogP contribution in [0.15, 0.2) is 29.2 Å². The molecule has 1 aliphatic rings. The largest absolute Gasteiger partial charge is 0.481 e. The molecule has 3 heterocycles. The number of hydrogen-bond donors (Lipinski definition) is 2. The number of methoxy groups -OCH3 is 1. The summed E-state index contributed by atoms with van der Waals surface area (Å²) in [6.45, 7) is 1.92. The minimum absolute atomic E-state index is 0.0152. The first kappa shape index (κ1) is 19.3. The molecule has 0 bridgehead atoms. The van der Waals surface area contributed by atoms with Crippen molar-refractivity contribution in [2.45, 2.75) is 44.8 Å². The van der Waals surface area contributed by atoms with E-state index in [1.807, 2.05) is 19.1 Å². The van der Waals surface area contributed by atoms with Crippen LogP contribution in [0.4, 0.5) is 5.95 Å². The third kappa shape index (κ3) is 3.55. The van der Waals surface area contributed by atoms with Gasteiger partial charge in [-0.15, -0.1) is 0 Å². The predicted molar refractivity (Wildman–Crippen MR) is 111 cm³/mol. The van der Waals surface area contributed by atoms with Crippen LogP contribution in [0.1, 0.15) is 37.4 Å². The van der Waals surface area contributed by atoms with Crippen molar-refractivity contribution in [2.75, 3.05) is 19.5 Å². The molecule has 0 atom stereocenters. The molecule has 4 rings (SSSR count). The van der Waals surface area contributed by atoms with Gasteiger partial charge in [-0.3, -0.25) is 9.36 Å². The van der Waals surface area contributed by atoms with Crippen molar-refractivity contribution in [1.82, 2.24) is 19.5 Å². The van der Waals surface area contributed by atoms with E-state index >= 15 is 0 Å². The molecule has 3 aromatic rings. The second-order valence-corrected chi connectivity index (χ2v) is 7.40. The van der Waals surface area contributed by atoms with Crippen molar-refractivity contribution in [3.8, 4) is 17.0 Å². The fraction of sp³-hybridized carbons (Fsp3) is 0.429. The molecule has 8 heteroatoms. The first-order valence-electron chi connectivity index (χ1n) is 9.82. The van der Waals surface area contributed by atoms with Crippen LogP contribution in [0.2, 0.25) is 0 Å². The summed E-state index contributed by atoms with van der Waals surface area (Å²) >= 11 is 0. The van der Waals surface area contributed by atoms with Crippen molar-refractivity contribution in [3.63, 3.8) is 0 Å². The number of aromatic nitrogens is 4. The number of aliphatic hydroxyl groups is 1. The van der Waals surface area contributed by atoms with E-state index in [4.69, 9.17) is 4.74 Å². The first-order chi connectivity index (χ1) is 14.0. The fourth-order valence-electron chi connectivity index (χ4n) is 3.99. The zero-order chi connectivity index (χ0) is 20.5. The lowest BCUT2D eigenvalue weighted by molar-refractivity contribution is 0.111. The quantitative estimate of drug-likeness (QED) is 0.700. The number of fused-ring (bicyclic) bond motifs is 1. The van der Waals surface area contributed by atoms with Gasteiger partial charge in [0.15, 0.2) is 0 Å². The highest BCUT2D eigenvalue weighted by atomic mass is 16.5. The molecular formula is C21H25N5O3. The number of aliphatic hydroxyl groups excluding tert-OH is 1. The van der Waals surface area contributed by atoms with Crippen LogP contribution in [0.25, 0.3) is 22.2 Å². The molecule has 8 nitrogen and oxygen atoms in total. The molecule has 2 N–H and O–H groups in total. The SMILES string of the molecule is CNc1nc(C)c2cc(-c3ccc(OC)nc3)c(=O)n(C3CCC(O)CC3)c2n1. The van der Waals surface area contributed by atoms with Crippen molar-refractivity contribution in [2.24, 2.45) is 0 Å². The third-order valence-corrected chi connectivity index (χ3v) is 5.59. The van der Waals surface area contributed by atoms with E-state index in [2.05, 4.69) is 20.3 Å². The summed E-state index contributed by atoms with van der Waals surface area (Å²) in [7, 11) is 3.32. The number of aryl methyl sites for hydroxylation is 1. The van der Waals surface area contributed by atoms with Gasteiger partial charge in [-0.2, -0.15) is 4.98 Å². The van der Waals surface area contributed by atoms with Crippen LogP contribution >= 0.6 is 0 Å². The molecule has 3 aromatic heterocycles. The van der Waals surface area contributed by atoms with Gasteiger partial charge in [0.2, 0.25) is 11.8 Å². The minimum Gasteiger partial charge on any atom is -0.481 e. The summed E-state index contributed by atoms with van der Waals surface area (Å²) in [4.78, 5) is 27.0. The highest BCUT2D eigenvalue weighted by Crippen LogP contribution is 2.32. The van der Waals surface area contributed by atoms with Crippen LogP contribution in [0, 0.1) is 6.92 Å². The van der Waals surface area contributed by atoms with E-state index in [1.165, 1.54) is 0 Å². The van der Waals surface area contributed by atoms with Gasteiger partial charge in [-0.05, 0) is 44.7 Å². The smallest absolute Gasteiger partial charge is 0.260 e. The second kappa shape index (κ2) is 7.79. The molecule has 0 aromatic carbocycles. The van der Waals surface area contributed by atoms with E-state index in [0.29, 0.717) is 35.9 Å². The number of nitrogens with one attached hydrogen (secondary N) is 1. The van der Waals surface area contributed by atoms with Gasteiger partial charge >= 0.3 is 0 Å². The van der Waals surface area contributed by atoms with Gasteiger partial charge in [0.1, 0.15) is 5.65 Å². The average molecular weight is 395 g/mol. The molecule has 152 valence electrons. The summed E-state index contributed by atoms with van der Waals surface area (Å²) in [5.74, 6) is 0.979. The molecule has 0 saturated heterocycles. The Morgan fingerprint density at radius 3 is 2.59 bits per heavy atom. The molecule has 29 heavy (non-hydrogen) atoms. The Kier molecular flexibility index (Phi) is 5.19. The van der Waals surface area contributed by atoms with Gasteiger partial charge in [0.05, 0.1) is 18.9 Å². The van der Waals surface area contributed by atoms with E-state index in [1.54, 1.807) is 31.0 Å². The minimum atomic E-state index is -0.300. The molecule has 1 aliphatic carbocycles. The number of anilines is 1. The van der Waals surface area contributed by atoms with Crippen molar-refractivity contribution in [3.05, 3.63) is 40.4 Å². The van der Waals surface area contributed by atoms with E-state index < -0.39 is 0 Å². The molecule has 1 fully saturated rings. The Morgan fingerprint density at radius 1 is 1.21 bits per heavy atom. The van der Waals surface area contributed by atoms with Gasteiger partial charge in [-0.1, -0.05) is 0 Å². The van der Waals surface area contributed by atoms with Crippen molar-refractivity contribution in [1.29, 1.82) is 0 Å². The maximum absolute atomic E-state index is 13.6. The van der Waals surface area contributed by atoms with Gasteiger partial charge in [0, 0.05) is 41.9 Å². The number of rotatable bonds is 4. The highest BCUT2D eigenvalue weighted by Gasteiger charge is 2.25. The van der Waals surface area contributed by atoms with Crippen molar-refractivity contribution >= 4 is 17.0 Å². The summed E-state index contributed by atoms with van der Waals surface area (Å²) < 4.78 is 6.92. The summed E-state index contributed by atoms with van der Waals surface area (Å²) in [6, 6.07) is 5.41. The predicted octanol–water partition coefficient (Wildman–Crippen LogP) is 2.69. The summed E-state index contributed by atoms with van der Waals surface area (Å²) in [5, 5.41) is 13.7. The normalized spacial score (nSPS) is 19.3. The lowest BCUT2D eigenvalue weighted by Crippen LogP contribution is -2.31. The summed E-state index contributed by atoms with van der Waals surface area (Å²) in [5.41, 5.74) is 2.60. The van der Waals surface area contributed by atoms with Gasteiger partial charge in [-0.25, -0.2) is 9.97 Å². The fourth-order valence-corrected chi connectivity index (χ4v) is 3.99. The number of hydrogen-bond acceptors (Lipinski definition) is 7. The zero-order valence-corrected chi connectivity index (χ0v) is 16.8. The number of pyridine rings is 2. The molecule has 0 amide bonds. The monoisotopic (exact) mass is 395 g/mol. The van der Waals surface area contributed by atoms with Crippen LogP contribution < -0.4 is 15.6 Å². The van der Waals surface area contributed by atoms with Crippen LogP contribution in [0.5, 0.6) is 5.88 Å². The van der Waals surface area contributed by atoms with Crippen LogP contribution in [-0.4, -0.2) is 44.9 Å². The molecule has 0 unspecified atom stereocenters. The molecule has 1 saturated carbocycles. The van der Waals surface area contributed by atoms with Crippen molar-refractivity contribution < 1.29 is 9.84 Å². The topological polar surface area (TPSA) is 102 Å². The lowest BCUT2D eigenvalue weighted by atomic mass is 9.92. The maximum atomic E-state index is 13.6.